The van der Waals surface area contributed by atoms with E-state index >= 15 is 0 Å². The molecule has 1 aliphatic rings. The molecular formula is C15H22O3. The van der Waals surface area contributed by atoms with E-state index in [1.807, 2.05) is 12.1 Å². The van der Waals surface area contributed by atoms with Crippen LogP contribution in [-0.4, -0.2) is 18.3 Å². The van der Waals surface area contributed by atoms with Crippen LogP contribution in [0.4, 0.5) is 0 Å². The van der Waals surface area contributed by atoms with E-state index in [9.17, 15) is 5.11 Å². The van der Waals surface area contributed by atoms with Gasteiger partial charge in [-0.2, -0.15) is 0 Å². The average Bonchev–Trinajstić information content (AvgIpc) is 2.50. The van der Waals surface area contributed by atoms with Gasteiger partial charge in [0.2, 0.25) is 0 Å². The molecule has 0 unspecified atom stereocenters. The van der Waals surface area contributed by atoms with Gasteiger partial charge in [-0.15, -0.1) is 0 Å². The lowest BCUT2D eigenvalue weighted by Crippen LogP contribution is -2.19. The van der Waals surface area contributed by atoms with E-state index in [4.69, 9.17) is 9.47 Å². The first-order chi connectivity index (χ1) is 8.39. The topological polar surface area (TPSA) is 38.7 Å². The highest BCUT2D eigenvalue weighted by atomic mass is 16.5. The molecular weight excluding hydrogens is 228 g/mol. The summed E-state index contributed by atoms with van der Waals surface area (Å²) in [5.41, 5.74) is 1.16. The van der Waals surface area contributed by atoms with Crippen LogP contribution in [-0.2, 0) is 5.60 Å². The molecule has 0 saturated carbocycles. The Bertz CT molecular complexity index is 430. The third kappa shape index (κ3) is 2.61. The average molecular weight is 250 g/mol. The quantitative estimate of drug-likeness (QED) is 0.876. The highest BCUT2D eigenvalue weighted by Gasteiger charge is 2.25. The second-order valence-corrected chi connectivity index (χ2v) is 5.65. The molecule has 3 nitrogen and oxygen atoms in total. The maximum absolute atomic E-state index is 10.3. The Balaban J connectivity index is 2.55. The summed E-state index contributed by atoms with van der Waals surface area (Å²) < 4.78 is 11.4. The highest BCUT2D eigenvalue weighted by Crippen LogP contribution is 2.39. The molecule has 0 aromatic heterocycles. The van der Waals surface area contributed by atoms with Gasteiger partial charge in [0.25, 0.3) is 0 Å². The number of rotatable bonds is 2. The summed E-state index contributed by atoms with van der Waals surface area (Å²) in [4.78, 5) is 0. The number of benzene rings is 1. The molecule has 0 atom stereocenters. The molecule has 1 aromatic carbocycles. The zero-order valence-corrected chi connectivity index (χ0v) is 11.6. The van der Waals surface area contributed by atoms with Crippen LogP contribution < -0.4 is 9.47 Å². The van der Waals surface area contributed by atoms with E-state index < -0.39 is 5.60 Å². The van der Waals surface area contributed by atoms with Gasteiger partial charge in [-0.25, -0.2) is 0 Å². The zero-order chi connectivity index (χ0) is 13.3. The fraction of sp³-hybridized carbons (Fsp3) is 0.600. The standard InChI is InChI=1S/C15H22O3/c1-10(2)11-8-13-14(18-7-5-6-17-13)9-12(11)15(3,4)16/h8-10,16H,5-7H2,1-4H3. The van der Waals surface area contributed by atoms with Crippen molar-refractivity contribution in [2.45, 2.75) is 45.6 Å². The van der Waals surface area contributed by atoms with Crippen LogP contribution in [0.25, 0.3) is 0 Å². The van der Waals surface area contributed by atoms with E-state index in [-0.39, 0.29) is 0 Å². The summed E-state index contributed by atoms with van der Waals surface area (Å²) >= 11 is 0. The van der Waals surface area contributed by atoms with Crippen molar-refractivity contribution in [2.75, 3.05) is 13.2 Å². The summed E-state index contributed by atoms with van der Waals surface area (Å²) in [5, 5.41) is 10.3. The normalized spacial score (nSPS) is 15.7. The van der Waals surface area contributed by atoms with Crippen molar-refractivity contribution in [1.82, 2.24) is 0 Å². The second kappa shape index (κ2) is 4.81. The van der Waals surface area contributed by atoms with Gasteiger partial charge in [-0.05, 0) is 43.0 Å². The predicted molar refractivity (Wildman–Crippen MR) is 71.4 cm³/mol. The fourth-order valence-electron chi connectivity index (χ4n) is 2.23. The molecule has 0 aliphatic carbocycles. The van der Waals surface area contributed by atoms with Crippen LogP contribution >= 0.6 is 0 Å². The van der Waals surface area contributed by atoms with Gasteiger partial charge in [-0.1, -0.05) is 13.8 Å². The molecule has 2 rings (SSSR count). The van der Waals surface area contributed by atoms with Crippen LogP contribution in [0.1, 0.15) is 51.2 Å². The smallest absolute Gasteiger partial charge is 0.161 e. The molecule has 18 heavy (non-hydrogen) atoms. The number of aliphatic hydroxyl groups is 1. The first-order valence-electron chi connectivity index (χ1n) is 6.56. The van der Waals surface area contributed by atoms with Gasteiger partial charge >= 0.3 is 0 Å². The minimum Gasteiger partial charge on any atom is -0.490 e. The molecule has 1 aromatic rings. The number of hydrogen-bond acceptors (Lipinski definition) is 3. The van der Waals surface area contributed by atoms with Gasteiger partial charge in [0.05, 0.1) is 18.8 Å². The summed E-state index contributed by atoms with van der Waals surface area (Å²) in [7, 11) is 0. The van der Waals surface area contributed by atoms with Gasteiger partial charge < -0.3 is 14.6 Å². The Labute approximate surface area is 109 Å². The Hall–Kier alpha value is -1.22. The fourth-order valence-corrected chi connectivity index (χ4v) is 2.23. The SMILES string of the molecule is CC(C)c1cc2c(cc1C(C)(C)O)OCCCO2. The van der Waals surface area contributed by atoms with Crippen LogP contribution in [0.5, 0.6) is 11.5 Å². The molecule has 100 valence electrons. The van der Waals surface area contributed by atoms with Gasteiger partial charge in [0.15, 0.2) is 11.5 Å². The molecule has 0 saturated heterocycles. The lowest BCUT2D eigenvalue weighted by molar-refractivity contribution is 0.0769. The van der Waals surface area contributed by atoms with E-state index in [0.717, 1.165) is 29.0 Å². The highest BCUT2D eigenvalue weighted by molar-refractivity contribution is 5.50. The van der Waals surface area contributed by atoms with Crippen LogP contribution in [0, 0.1) is 0 Å². The van der Waals surface area contributed by atoms with Crippen molar-refractivity contribution in [3.63, 3.8) is 0 Å². The maximum Gasteiger partial charge on any atom is 0.161 e. The number of hydrogen-bond donors (Lipinski definition) is 1. The molecule has 0 amide bonds. The first-order valence-corrected chi connectivity index (χ1v) is 6.56. The van der Waals surface area contributed by atoms with Crippen molar-refractivity contribution in [3.05, 3.63) is 23.3 Å². The molecule has 1 N–H and O–H groups in total. The second-order valence-electron chi connectivity index (χ2n) is 5.65. The van der Waals surface area contributed by atoms with Crippen molar-refractivity contribution in [1.29, 1.82) is 0 Å². The summed E-state index contributed by atoms with van der Waals surface area (Å²) in [6, 6.07) is 3.94. The lowest BCUT2D eigenvalue weighted by Gasteiger charge is -2.25. The Morgan fingerprint density at radius 1 is 1.11 bits per heavy atom. The van der Waals surface area contributed by atoms with Crippen molar-refractivity contribution in [2.24, 2.45) is 0 Å². The molecule has 1 heterocycles. The van der Waals surface area contributed by atoms with E-state index in [1.54, 1.807) is 13.8 Å². The first kappa shape index (κ1) is 13.2. The van der Waals surface area contributed by atoms with Gasteiger partial charge in [-0.3, -0.25) is 0 Å². The van der Waals surface area contributed by atoms with Gasteiger partial charge in [0.1, 0.15) is 0 Å². The third-order valence-electron chi connectivity index (χ3n) is 3.20. The Kier molecular flexibility index (Phi) is 3.53. The Morgan fingerprint density at radius 2 is 1.67 bits per heavy atom. The van der Waals surface area contributed by atoms with Crippen LogP contribution in [0.2, 0.25) is 0 Å². The van der Waals surface area contributed by atoms with E-state index in [2.05, 4.69) is 13.8 Å². The summed E-state index contributed by atoms with van der Waals surface area (Å²) in [6.07, 6.45) is 0.892. The predicted octanol–water partition coefficient (Wildman–Crippen LogP) is 3.20. The van der Waals surface area contributed by atoms with E-state index in [1.165, 1.54) is 0 Å². The minimum atomic E-state index is -0.871. The Morgan fingerprint density at radius 3 is 2.17 bits per heavy atom. The molecule has 0 bridgehead atoms. The summed E-state index contributed by atoms with van der Waals surface area (Å²) in [6.45, 7) is 9.20. The zero-order valence-electron chi connectivity index (χ0n) is 11.6. The van der Waals surface area contributed by atoms with Crippen molar-refractivity contribution in [3.8, 4) is 11.5 Å². The number of fused-ring (bicyclic) bond motifs is 1. The summed E-state index contributed by atoms with van der Waals surface area (Å²) in [5.74, 6) is 1.88. The van der Waals surface area contributed by atoms with E-state index in [0.29, 0.717) is 19.1 Å². The van der Waals surface area contributed by atoms with Crippen LogP contribution in [0.15, 0.2) is 12.1 Å². The van der Waals surface area contributed by atoms with Crippen LogP contribution in [0.3, 0.4) is 0 Å². The maximum atomic E-state index is 10.3. The molecule has 0 radical (unpaired) electrons. The largest absolute Gasteiger partial charge is 0.490 e. The lowest BCUT2D eigenvalue weighted by atomic mass is 9.87. The molecule has 3 heteroatoms. The monoisotopic (exact) mass is 250 g/mol. The molecule has 0 fully saturated rings. The molecule has 0 spiro atoms. The number of ether oxygens (including phenoxy) is 2. The van der Waals surface area contributed by atoms with Gasteiger partial charge in [0, 0.05) is 6.42 Å². The molecule has 1 aliphatic heterocycles. The van der Waals surface area contributed by atoms with Crippen molar-refractivity contribution < 1.29 is 14.6 Å². The minimum absolute atomic E-state index is 0.337. The van der Waals surface area contributed by atoms with Crippen molar-refractivity contribution >= 4 is 0 Å². The third-order valence-corrected chi connectivity index (χ3v) is 3.20.